The van der Waals surface area contributed by atoms with Gasteiger partial charge < -0.3 is 14.8 Å². The number of sulfonamides is 1. The molecule has 2 heterocycles. The van der Waals surface area contributed by atoms with Crippen LogP contribution in [0.15, 0.2) is 59.6 Å². The van der Waals surface area contributed by atoms with E-state index in [4.69, 9.17) is 9.47 Å². The van der Waals surface area contributed by atoms with Gasteiger partial charge in [0.15, 0.2) is 0 Å². The van der Waals surface area contributed by atoms with E-state index in [0.717, 1.165) is 10.5 Å². The average Bonchev–Trinajstić information content (AvgIpc) is 3.25. The number of benzene rings is 2. The first-order valence-electron chi connectivity index (χ1n) is 11.0. The molecule has 3 aromatic rings. The van der Waals surface area contributed by atoms with Gasteiger partial charge in [0.05, 0.1) is 30.7 Å². The lowest BCUT2D eigenvalue weighted by molar-refractivity contribution is -0.119. The van der Waals surface area contributed by atoms with Crippen molar-refractivity contribution >= 4 is 33.4 Å². The predicted molar refractivity (Wildman–Crippen MR) is 128 cm³/mol. The van der Waals surface area contributed by atoms with Gasteiger partial charge in [-0.05, 0) is 37.3 Å². The van der Waals surface area contributed by atoms with Gasteiger partial charge >= 0.3 is 12.6 Å². The highest BCUT2D eigenvalue weighted by molar-refractivity contribution is 7.92. The number of ether oxygens (including phenoxy) is 2. The molecule has 0 radical (unpaired) electrons. The summed E-state index contributed by atoms with van der Waals surface area (Å²) in [6, 6.07) is 12.6. The van der Waals surface area contributed by atoms with Crippen LogP contribution in [-0.4, -0.2) is 49.4 Å². The Morgan fingerprint density at radius 3 is 2.59 bits per heavy atom. The molecule has 1 atom stereocenters. The van der Waals surface area contributed by atoms with Crippen LogP contribution in [0.25, 0.3) is 0 Å². The zero-order chi connectivity index (χ0) is 26.7. The number of alkyl halides is 2. The summed E-state index contributed by atoms with van der Waals surface area (Å²) in [4.78, 5) is 23.3. The number of carbonyl (C=O) groups excluding carboxylic acids is 2. The smallest absolute Gasteiger partial charge is 0.417 e. The number of amides is 2. The highest BCUT2D eigenvalue weighted by Gasteiger charge is 2.37. The van der Waals surface area contributed by atoms with E-state index in [-0.39, 0.29) is 46.5 Å². The number of hydrogen-bond acceptors (Lipinski definition) is 7. The minimum absolute atomic E-state index is 0.000521. The molecule has 2 aromatic carbocycles. The Hall–Kier alpha value is -4.20. The number of anilines is 2. The van der Waals surface area contributed by atoms with Crippen molar-refractivity contribution in [3.8, 4) is 11.5 Å². The van der Waals surface area contributed by atoms with Crippen LogP contribution in [0.5, 0.6) is 11.5 Å². The van der Waals surface area contributed by atoms with Gasteiger partial charge in [-0.25, -0.2) is 17.9 Å². The zero-order valence-electron chi connectivity index (χ0n) is 19.7. The summed E-state index contributed by atoms with van der Waals surface area (Å²) in [5, 5.41) is 8.70. The molecule has 0 saturated heterocycles. The number of halogens is 2. The number of fused-ring (bicyclic) bond motifs is 1. The van der Waals surface area contributed by atoms with Crippen molar-refractivity contribution in [2.45, 2.75) is 31.4 Å². The molecule has 11 nitrogen and oxygen atoms in total. The Morgan fingerprint density at radius 2 is 1.95 bits per heavy atom. The molecule has 1 aliphatic heterocycles. The van der Waals surface area contributed by atoms with Gasteiger partial charge in [0.25, 0.3) is 10.0 Å². The van der Waals surface area contributed by atoms with Gasteiger partial charge in [-0.2, -0.15) is 13.9 Å². The highest BCUT2D eigenvalue weighted by atomic mass is 32.2. The van der Waals surface area contributed by atoms with Crippen molar-refractivity contribution in [2.24, 2.45) is 0 Å². The highest BCUT2D eigenvalue weighted by Crippen LogP contribution is 2.39. The fraction of sp³-hybridized carbons (Fsp3) is 0.261. The number of carbonyl (C=O) groups is 2. The lowest BCUT2D eigenvalue weighted by Crippen LogP contribution is -2.48. The quantitative estimate of drug-likeness (QED) is 0.475. The van der Waals surface area contributed by atoms with E-state index in [1.165, 1.54) is 32.0 Å². The summed E-state index contributed by atoms with van der Waals surface area (Å²) in [5.74, 6) is 0.109. The molecular weight excluding hydrogens is 512 g/mol. The molecule has 0 bridgehead atoms. The van der Waals surface area contributed by atoms with E-state index < -0.39 is 33.7 Å². The Labute approximate surface area is 211 Å². The van der Waals surface area contributed by atoms with Crippen molar-refractivity contribution < 1.29 is 36.3 Å². The van der Waals surface area contributed by atoms with Crippen LogP contribution in [-0.2, 0) is 14.8 Å². The summed E-state index contributed by atoms with van der Waals surface area (Å²) in [7, 11) is -4.40. The first-order chi connectivity index (χ1) is 17.5. The van der Waals surface area contributed by atoms with Crippen molar-refractivity contribution in [3.63, 3.8) is 0 Å². The summed E-state index contributed by atoms with van der Waals surface area (Å²) >= 11 is 0. The van der Waals surface area contributed by atoms with Crippen LogP contribution in [0.4, 0.5) is 25.0 Å². The minimum atomic E-state index is -4.40. The molecule has 0 aliphatic carbocycles. The van der Waals surface area contributed by atoms with Crippen LogP contribution in [0, 0.1) is 6.92 Å². The van der Waals surface area contributed by atoms with Gasteiger partial charge in [0.1, 0.15) is 22.5 Å². The lowest BCUT2D eigenvalue weighted by atomic mass is 10.2. The molecule has 1 aliphatic rings. The first-order valence-corrected chi connectivity index (χ1v) is 12.4. The molecular formula is C23H23F2N5O6S. The van der Waals surface area contributed by atoms with E-state index in [1.807, 2.05) is 0 Å². The molecule has 196 valence electrons. The fourth-order valence-corrected chi connectivity index (χ4v) is 5.31. The van der Waals surface area contributed by atoms with Crippen LogP contribution in [0.1, 0.15) is 19.2 Å². The number of para-hydroxylation sites is 1. The number of rotatable bonds is 7. The molecule has 1 aromatic heterocycles. The molecule has 1 unspecified atom stereocenters. The third-order valence-corrected chi connectivity index (χ3v) is 7.19. The van der Waals surface area contributed by atoms with E-state index in [2.05, 4.69) is 15.7 Å². The largest absolute Gasteiger partial charge is 0.484 e. The SMILES string of the molecule is CC(=O)NCC1CN(S(=O)(=O)c2cn(C(F)F)nc2C)c2cc(NC(=O)Oc3ccccc3)ccc2O1. The van der Waals surface area contributed by atoms with Crippen LogP contribution in [0.2, 0.25) is 0 Å². The molecule has 2 amide bonds. The van der Waals surface area contributed by atoms with Crippen molar-refractivity contribution in [1.82, 2.24) is 15.1 Å². The maximum atomic E-state index is 13.6. The summed E-state index contributed by atoms with van der Waals surface area (Å²) in [6.45, 7) is -0.662. The first kappa shape index (κ1) is 25.9. The number of nitrogens with one attached hydrogen (secondary N) is 2. The van der Waals surface area contributed by atoms with Crippen LogP contribution in [0.3, 0.4) is 0 Å². The van der Waals surface area contributed by atoms with Crippen LogP contribution < -0.4 is 24.4 Å². The normalized spacial score (nSPS) is 15.1. The fourth-order valence-electron chi connectivity index (χ4n) is 3.66. The third-order valence-electron chi connectivity index (χ3n) is 5.31. The summed E-state index contributed by atoms with van der Waals surface area (Å²) in [5.41, 5.74) is 0.136. The maximum absolute atomic E-state index is 13.6. The Balaban J connectivity index is 1.67. The van der Waals surface area contributed by atoms with Gasteiger partial charge in [-0.15, -0.1) is 0 Å². The van der Waals surface area contributed by atoms with E-state index >= 15 is 0 Å². The Bertz CT molecular complexity index is 1410. The van der Waals surface area contributed by atoms with E-state index in [0.29, 0.717) is 5.75 Å². The van der Waals surface area contributed by atoms with Crippen molar-refractivity contribution in [2.75, 3.05) is 22.7 Å². The topological polar surface area (TPSA) is 132 Å². The Morgan fingerprint density at radius 1 is 1.22 bits per heavy atom. The maximum Gasteiger partial charge on any atom is 0.417 e. The van der Waals surface area contributed by atoms with Crippen LogP contribution >= 0.6 is 0 Å². The number of hydrogen-bond donors (Lipinski definition) is 2. The predicted octanol–water partition coefficient (Wildman–Crippen LogP) is 3.29. The second-order valence-electron chi connectivity index (χ2n) is 8.06. The Kier molecular flexibility index (Phi) is 7.29. The molecule has 14 heteroatoms. The molecule has 2 N–H and O–H groups in total. The average molecular weight is 536 g/mol. The number of nitrogens with zero attached hydrogens (tertiary/aromatic N) is 3. The third kappa shape index (κ3) is 5.80. The standard InChI is InChI=1S/C23H23F2N5O6S/c1-14-21(13-29(28-14)22(24)25)37(33,34)30-12-18(11-26-15(2)31)35-20-9-8-16(10-19(20)30)27-23(32)36-17-6-4-3-5-7-17/h3-10,13,18,22H,11-12H2,1-2H3,(H,26,31)(H,27,32). The number of aryl methyl sites for hydroxylation is 1. The van der Waals surface area contributed by atoms with Crippen molar-refractivity contribution in [3.05, 3.63) is 60.4 Å². The van der Waals surface area contributed by atoms with E-state index in [1.54, 1.807) is 30.3 Å². The van der Waals surface area contributed by atoms with Gasteiger partial charge in [0.2, 0.25) is 5.91 Å². The monoisotopic (exact) mass is 535 g/mol. The number of aromatic nitrogens is 2. The van der Waals surface area contributed by atoms with Gasteiger partial charge in [-0.1, -0.05) is 18.2 Å². The molecule has 0 saturated carbocycles. The molecule has 0 spiro atoms. The minimum Gasteiger partial charge on any atom is -0.484 e. The second-order valence-corrected chi connectivity index (χ2v) is 9.89. The summed E-state index contributed by atoms with van der Waals surface area (Å²) < 4.78 is 65.9. The molecule has 4 rings (SSSR count). The van der Waals surface area contributed by atoms with E-state index in [9.17, 15) is 26.8 Å². The lowest BCUT2D eigenvalue weighted by Gasteiger charge is -2.35. The second kappa shape index (κ2) is 10.4. The molecule has 37 heavy (non-hydrogen) atoms. The zero-order valence-corrected chi connectivity index (χ0v) is 20.5. The summed E-state index contributed by atoms with van der Waals surface area (Å²) in [6.07, 6.45) is -0.833. The van der Waals surface area contributed by atoms with Gasteiger partial charge in [-0.3, -0.25) is 14.4 Å². The molecule has 0 fully saturated rings. The van der Waals surface area contributed by atoms with Crippen molar-refractivity contribution in [1.29, 1.82) is 0 Å². The van der Waals surface area contributed by atoms with Gasteiger partial charge in [0, 0.05) is 12.6 Å².